The van der Waals surface area contributed by atoms with Crippen LogP contribution in [0.25, 0.3) is 0 Å². The van der Waals surface area contributed by atoms with Crippen LogP contribution in [0.15, 0.2) is 0 Å². The molecule has 0 atom stereocenters. The van der Waals surface area contributed by atoms with E-state index >= 15 is 0 Å². The molecule has 0 unspecified atom stereocenters. The molecule has 0 spiro atoms. The summed E-state index contributed by atoms with van der Waals surface area (Å²) in [7, 11) is -0.729. The third-order valence-electron chi connectivity index (χ3n) is 2.69. The Labute approximate surface area is 98.5 Å². The summed E-state index contributed by atoms with van der Waals surface area (Å²) in [6.07, 6.45) is 9.88. The second kappa shape index (κ2) is 6.06. The minimum atomic E-state index is -0.729. The molecule has 1 radical (unpaired) electrons. The van der Waals surface area contributed by atoms with Gasteiger partial charge in [-0.25, -0.2) is 0 Å². The van der Waals surface area contributed by atoms with Gasteiger partial charge in [-0.2, -0.15) is 0 Å². The van der Waals surface area contributed by atoms with Crippen LogP contribution in [-0.2, 0) is 32.7 Å². The summed E-state index contributed by atoms with van der Waals surface area (Å²) in [5.41, 5.74) is 0. The van der Waals surface area contributed by atoms with Crippen molar-refractivity contribution in [1.29, 1.82) is 0 Å². The van der Waals surface area contributed by atoms with Gasteiger partial charge < -0.3 is 0 Å². The molecule has 1 saturated heterocycles. The van der Waals surface area contributed by atoms with Gasteiger partial charge in [-0.05, 0) is 32.6 Å². The molecule has 1 aliphatic rings. The zero-order chi connectivity index (χ0) is 8.16. The minimum Gasteiger partial charge on any atom is -0.0497 e. The summed E-state index contributed by atoms with van der Waals surface area (Å²) in [6, 6.07) is 0. The Morgan fingerprint density at radius 2 is 1.73 bits per heavy atom. The molecule has 1 rings (SSSR count). The average Bonchev–Trinajstić information content (AvgIpc) is 2.30. The topological polar surface area (TPSA) is 0 Å². The number of rotatable bonds is 1. The first kappa shape index (κ1) is 10.6. The molecular formula is C9H20PY+. The molecule has 2 heteroatoms. The van der Waals surface area contributed by atoms with Crippen molar-refractivity contribution in [2.24, 2.45) is 0 Å². The van der Waals surface area contributed by atoms with E-state index in [1.54, 1.807) is 0 Å². The molecule has 1 fully saturated rings. The van der Waals surface area contributed by atoms with Crippen molar-refractivity contribution in [3.05, 3.63) is 0 Å². The Bertz CT molecular complexity index is 105. The molecule has 0 N–H and O–H groups in total. The van der Waals surface area contributed by atoms with Gasteiger partial charge in [0.25, 0.3) is 0 Å². The van der Waals surface area contributed by atoms with Gasteiger partial charge in [0.05, 0.1) is 19.9 Å². The van der Waals surface area contributed by atoms with Crippen molar-refractivity contribution in [1.82, 2.24) is 0 Å². The van der Waals surface area contributed by atoms with Crippen LogP contribution in [0.4, 0.5) is 0 Å². The zero-order valence-electron chi connectivity index (χ0n) is 8.68. The van der Waals surface area contributed by atoms with Crippen molar-refractivity contribution < 1.29 is 34.1 Å². The Kier molecular flexibility index (Phi) is 5.85. The summed E-state index contributed by atoms with van der Waals surface area (Å²) in [4.78, 5) is 0. The van der Waals surface area contributed by atoms with Crippen LogP contribution in [0.3, 0.4) is 0 Å². The van der Waals surface area contributed by atoms with Crippen LogP contribution in [0, 0.1) is 0 Å². The van der Waals surface area contributed by atoms with Gasteiger partial charge in [-0.15, -0.1) is 0 Å². The van der Waals surface area contributed by atoms with Gasteiger partial charge in [-0.3, -0.25) is 0 Å². The van der Waals surface area contributed by atoms with Crippen LogP contribution >= 0.6 is 7.26 Å². The molecule has 0 saturated carbocycles. The third kappa shape index (κ3) is 4.34. The Hall–Kier alpha value is 1.53. The molecule has 0 bridgehead atoms. The van der Waals surface area contributed by atoms with Gasteiger partial charge in [0.15, 0.2) is 0 Å². The second-order valence-corrected chi connectivity index (χ2v) is 7.73. The molecule has 0 aromatic heterocycles. The van der Waals surface area contributed by atoms with Crippen molar-refractivity contribution in [3.8, 4) is 0 Å². The van der Waals surface area contributed by atoms with E-state index in [2.05, 4.69) is 6.92 Å². The maximum atomic E-state index is 7.59. The van der Waals surface area contributed by atoms with E-state index in [0.29, 0.717) is 0 Å². The summed E-state index contributed by atoms with van der Waals surface area (Å²) < 4.78 is 7.59. The molecule has 0 aromatic carbocycles. The van der Waals surface area contributed by atoms with E-state index in [9.17, 15) is 0 Å². The fourth-order valence-corrected chi connectivity index (χ4v) is 4.32. The predicted molar refractivity (Wildman–Crippen MR) is 51.6 cm³/mol. The van der Waals surface area contributed by atoms with Crippen LogP contribution < -0.4 is 0 Å². The molecule has 0 nitrogen and oxygen atoms in total. The Morgan fingerprint density at radius 1 is 1.18 bits per heavy atom. The third-order valence-corrected chi connectivity index (χ3v) is 6.56. The minimum absolute atomic E-state index is 0. The number of hydrogen-bond acceptors (Lipinski definition) is 0. The standard InChI is InChI=1S/C9H20P.Y/c1-3-10(2)8-6-4-5-7-9-10;/h3-9H2,1-2H3;/q+1;/i2D;. The molecule has 0 amide bonds. The first-order valence-corrected chi connectivity index (χ1v) is 7.00. The molecular weight excluding hydrogens is 228 g/mol. The summed E-state index contributed by atoms with van der Waals surface area (Å²) in [6.45, 7) is 3.07. The van der Waals surface area contributed by atoms with E-state index in [-0.39, 0.29) is 32.7 Å². The molecule has 11 heavy (non-hydrogen) atoms. The van der Waals surface area contributed by atoms with E-state index in [1.165, 1.54) is 44.2 Å². The molecule has 63 valence electrons. The summed E-state index contributed by atoms with van der Waals surface area (Å²) >= 11 is 0. The van der Waals surface area contributed by atoms with Gasteiger partial charge >= 0.3 is 0 Å². The molecule has 0 aliphatic carbocycles. The number of hydrogen-bond donors (Lipinski definition) is 0. The maximum Gasteiger partial charge on any atom is 0.0672 e. The van der Waals surface area contributed by atoms with Crippen molar-refractivity contribution >= 4 is 7.26 Å². The zero-order valence-corrected chi connectivity index (χ0v) is 11.4. The van der Waals surface area contributed by atoms with Gasteiger partial charge in [-0.1, -0.05) is 0 Å². The van der Waals surface area contributed by atoms with Crippen molar-refractivity contribution in [2.45, 2.75) is 32.6 Å². The smallest absolute Gasteiger partial charge is 0.0497 e. The quantitative estimate of drug-likeness (QED) is 0.626. The van der Waals surface area contributed by atoms with E-state index in [0.717, 1.165) is 6.64 Å². The monoisotopic (exact) mass is 249 g/mol. The van der Waals surface area contributed by atoms with Crippen molar-refractivity contribution in [2.75, 3.05) is 25.1 Å². The van der Waals surface area contributed by atoms with Crippen LogP contribution in [0.2, 0.25) is 0 Å². The summed E-state index contributed by atoms with van der Waals surface area (Å²) in [5.74, 6) is 0. The van der Waals surface area contributed by atoms with Crippen LogP contribution in [0.5, 0.6) is 0 Å². The fraction of sp³-hybridized carbons (Fsp3) is 1.00. The summed E-state index contributed by atoms with van der Waals surface area (Å²) in [5, 5.41) is 0. The van der Waals surface area contributed by atoms with E-state index in [1.807, 2.05) is 0 Å². The largest absolute Gasteiger partial charge is 0.0672 e. The van der Waals surface area contributed by atoms with Gasteiger partial charge in [0.1, 0.15) is 0 Å². The second-order valence-electron chi connectivity index (χ2n) is 3.52. The maximum absolute atomic E-state index is 7.59. The Balaban J connectivity index is 0.00000121. The van der Waals surface area contributed by atoms with Gasteiger partial charge in [0, 0.05) is 46.6 Å². The normalized spacial score (nSPS) is 24.6. The molecule has 1 aliphatic heterocycles. The average molecular weight is 249 g/mol. The van der Waals surface area contributed by atoms with E-state index < -0.39 is 7.26 Å². The first-order chi connectivity index (χ1) is 5.33. The van der Waals surface area contributed by atoms with Crippen LogP contribution in [-0.4, -0.2) is 25.1 Å². The van der Waals surface area contributed by atoms with Crippen LogP contribution in [0.1, 0.15) is 34.0 Å². The molecule has 1 heterocycles. The van der Waals surface area contributed by atoms with E-state index in [4.69, 9.17) is 1.37 Å². The predicted octanol–water partition coefficient (Wildman–Crippen LogP) is 3.23. The molecule has 0 aromatic rings. The fourth-order valence-electron chi connectivity index (χ4n) is 1.68. The Morgan fingerprint density at radius 3 is 2.09 bits per heavy atom. The SMILES string of the molecule is [2H]C[P+]1(CC)CCCCCC1.[Y]. The van der Waals surface area contributed by atoms with Crippen molar-refractivity contribution in [3.63, 3.8) is 0 Å². The van der Waals surface area contributed by atoms with Gasteiger partial charge in [0.2, 0.25) is 0 Å². The first-order valence-electron chi connectivity index (χ1n) is 5.18.